The number of carbonyl (C=O) groups is 1. The summed E-state index contributed by atoms with van der Waals surface area (Å²) in [6.07, 6.45) is 1.91. The van der Waals surface area contributed by atoms with E-state index in [1.807, 2.05) is 0 Å². The second-order valence-corrected chi connectivity index (χ2v) is 4.58. The SMILES string of the molecule is Nc1nc(Cl)c2ncn(C3CC(=O)C3CO)c2n1. The molecule has 2 aromatic heterocycles. The number of fused-ring (bicyclic) bond motifs is 1. The van der Waals surface area contributed by atoms with Gasteiger partial charge in [-0.2, -0.15) is 9.97 Å². The van der Waals surface area contributed by atoms with Gasteiger partial charge in [0.05, 0.1) is 24.9 Å². The van der Waals surface area contributed by atoms with Crippen LogP contribution in [-0.4, -0.2) is 37.0 Å². The highest BCUT2D eigenvalue weighted by atomic mass is 35.5. The van der Waals surface area contributed by atoms with Gasteiger partial charge in [-0.3, -0.25) is 4.79 Å². The maximum absolute atomic E-state index is 11.4. The molecule has 0 radical (unpaired) electrons. The average Bonchev–Trinajstić information content (AvgIpc) is 2.69. The van der Waals surface area contributed by atoms with Crippen LogP contribution in [0.3, 0.4) is 0 Å². The highest BCUT2D eigenvalue weighted by Crippen LogP contribution is 2.37. The van der Waals surface area contributed by atoms with Crippen molar-refractivity contribution in [3.8, 4) is 0 Å². The fourth-order valence-corrected chi connectivity index (χ4v) is 2.43. The van der Waals surface area contributed by atoms with Crippen molar-refractivity contribution in [2.24, 2.45) is 5.92 Å². The van der Waals surface area contributed by atoms with Crippen LogP contribution in [0, 0.1) is 5.92 Å². The van der Waals surface area contributed by atoms with E-state index in [-0.39, 0.29) is 29.5 Å². The maximum atomic E-state index is 11.4. The summed E-state index contributed by atoms with van der Waals surface area (Å²) in [7, 11) is 0. The summed E-state index contributed by atoms with van der Waals surface area (Å²) < 4.78 is 1.72. The molecule has 3 N–H and O–H groups in total. The fourth-order valence-electron chi connectivity index (χ4n) is 2.21. The molecule has 0 saturated heterocycles. The van der Waals surface area contributed by atoms with E-state index in [1.165, 1.54) is 0 Å². The Labute approximate surface area is 107 Å². The van der Waals surface area contributed by atoms with Crippen molar-refractivity contribution in [3.05, 3.63) is 11.5 Å². The van der Waals surface area contributed by atoms with Gasteiger partial charge >= 0.3 is 0 Å². The predicted octanol–water partition coefficient (Wildman–Crippen LogP) is 0.184. The van der Waals surface area contributed by atoms with Gasteiger partial charge in [-0.05, 0) is 0 Å². The van der Waals surface area contributed by atoms with Crippen LogP contribution in [0.15, 0.2) is 6.33 Å². The Hall–Kier alpha value is -1.73. The Morgan fingerprint density at radius 3 is 3.00 bits per heavy atom. The first-order valence-corrected chi connectivity index (χ1v) is 5.78. The Kier molecular flexibility index (Phi) is 2.46. The molecule has 2 aromatic rings. The zero-order chi connectivity index (χ0) is 12.9. The lowest BCUT2D eigenvalue weighted by molar-refractivity contribution is -0.135. The van der Waals surface area contributed by atoms with E-state index in [0.29, 0.717) is 17.6 Å². The smallest absolute Gasteiger partial charge is 0.223 e. The molecule has 1 aliphatic rings. The van der Waals surface area contributed by atoms with E-state index in [9.17, 15) is 4.79 Å². The molecule has 2 heterocycles. The molecule has 0 amide bonds. The van der Waals surface area contributed by atoms with Crippen molar-refractivity contribution in [1.82, 2.24) is 19.5 Å². The summed E-state index contributed by atoms with van der Waals surface area (Å²) in [6, 6.07) is -0.141. The number of hydrogen-bond donors (Lipinski definition) is 2. The number of aliphatic hydroxyl groups is 1. The van der Waals surface area contributed by atoms with Gasteiger partial charge in [-0.1, -0.05) is 11.6 Å². The summed E-state index contributed by atoms with van der Waals surface area (Å²) in [6.45, 7) is -0.183. The first-order valence-electron chi connectivity index (χ1n) is 5.41. The molecule has 0 aromatic carbocycles. The van der Waals surface area contributed by atoms with E-state index in [1.54, 1.807) is 10.9 Å². The van der Waals surface area contributed by atoms with E-state index in [4.69, 9.17) is 22.4 Å². The summed E-state index contributed by atoms with van der Waals surface area (Å²) >= 11 is 5.92. The molecule has 1 fully saturated rings. The van der Waals surface area contributed by atoms with Crippen LogP contribution < -0.4 is 5.73 Å². The molecule has 2 atom stereocenters. The molecule has 94 valence electrons. The van der Waals surface area contributed by atoms with Crippen LogP contribution in [0.25, 0.3) is 11.2 Å². The van der Waals surface area contributed by atoms with Crippen molar-refractivity contribution in [1.29, 1.82) is 0 Å². The molecule has 0 bridgehead atoms. The quantitative estimate of drug-likeness (QED) is 0.752. The minimum atomic E-state index is -0.405. The van der Waals surface area contributed by atoms with Crippen LogP contribution in [0.1, 0.15) is 12.5 Å². The lowest BCUT2D eigenvalue weighted by atomic mass is 9.78. The van der Waals surface area contributed by atoms with Crippen LogP contribution in [0.2, 0.25) is 5.15 Å². The zero-order valence-corrected chi connectivity index (χ0v) is 10.0. The van der Waals surface area contributed by atoms with Crippen molar-refractivity contribution in [3.63, 3.8) is 0 Å². The van der Waals surface area contributed by atoms with Gasteiger partial charge in [0, 0.05) is 6.42 Å². The van der Waals surface area contributed by atoms with E-state index in [2.05, 4.69) is 15.0 Å². The lowest BCUT2D eigenvalue weighted by Crippen LogP contribution is -2.41. The van der Waals surface area contributed by atoms with Gasteiger partial charge in [-0.25, -0.2) is 4.98 Å². The van der Waals surface area contributed by atoms with Gasteiger partial charge in [0.25, 0.3) is 0 Å². The topological polar surface area (TPSA) is 107 Å². The van der Waals surface area contributed by atoms with Gasteiger partial charge in [-0.15, -0.1) is 0 Å². The molecule has 18 heavy (non-hydrogen) atoms. The molecule has 0 aliphatic heterocycles. The molecule has 3 rings (SSSR count). The molecular formula is C10H10ClN5O2. The molecular weight excluding hydrogens is 258 g/mol. The Balaban J connectivity index is 2.11. The third-order valence-corrected chi connectivity index (χ3v) is 3.50. The van der Waals surface area contributed by atoms with E-state index < -0.39 is 5.92 Å². The number of carbonyl (C=O) groups excluding carboxylic acids is 1. The van der Waals surface area contributed by atoms with Crippen molar-refractivity contribution >= 4 is 34.5 Å². The fraction of sp³-hybridized carbons (Fsp3) is 0.400. The number of nitrogens with two attached hydrogens (primary N) is 1. The number of rotatable bonds is 2. The number of imidazole rings is 1. The number of nitrogens with zero attached hydrogens (tertiary/aromatic N) is 4. The Bertz CT molecular complexity index is 640. The average molecular weight is 268 g/mol. The molecule has 0 spiro atoms. The van der Waals surface area contributed by atoms with Gasteiger partial charge in [0.15, 0.2) is 10.8 Å². The number of Topliss-reactive ketones (excluding diaryl/α,β-unsaturated/α-hetero) is 1. The summed E-state index contributed by atoms with van der Waals surface area (Å²) in [5, 5.41) is 9.35. The number of aromatic nitrogens is 4. The van der Waals surface area contributed by atoms with Crippen molar-refractivity contribution in [2.45, 2.75) is 12.5 Å². The van der Waals surface area contributed by atoms with E-state index >= 15 is 0 Å². The lowest BCUT2D eigenvalue weighted by Gasteiger charge is -2.34. The minimum Gasteiger partial charge on any atom is -0.396 e. The number of anilines is 1. The third-order valence-electron chi connectivity index (χ3n) is 3.24. The number of hydrogen-bond acceptors (Lipinski definition) is 6. The Morgan fingerprint density at radius 2 is 2.33 bits per heavy atom. The number of halogens is 1. The summed E-state index contributed by atoms with van der Waals surface area (Å²) in [4.78, 5) is 23.4. The second kappa shape index (κ2) is 3.89. The molecule has 2 unspecified atom stereocenters. The van der Waals surface area contributed by atoms with Gasteiger partial charge < -0.3 is 15.4 Å². The number of nitrogen functional groups attached to an aromatic ring is 1. The highest BCUT2D eigenvalue weighted by Gasteiger charge is 2.41. The maximum Gasteiger partial charge on any atom is 0.223 e. The first kappa shape index (κ1) is 11.4. The normalized spacial score (nSPS) is 23.3. The number of aliphatic hydroxyl groups excluding tert-OH is 1. The van der Waals surface area contributed by atoms with Crippen LogP contribution in [0.5, 0.6) is 0 Å². The second-order valence-electron chi connectivity index (χ2n) is 4.22. The third kappa shape index (κ3) is 1.48. The minimum absolute atomic E-state index is 0.0393. The first-order chi connectivity index (χ1) is 8.61. The predicted molar refractivity (Wildman–Crippen MR) is 64.0 cm³/mol. The van der Waals surface area contributed by atoms with Crippen LogP contribution >= 0.6 is 11.6 Å². The van der Waals surface area contributed by atoms with Crippen LogP contribution in [-0.2, 0) is 4.79 Å². The van der Waals surface area contributed by atoms with Gasteiger partial charge in [0.2, 0.25) is 5.95 Å². The number of ketones is 1. The highest BCUT2D eigenvalue weighted by molar-refractivity contribution is 6.33. The summed E-state index contributed by atoms with van der Waals surface area (Å²) in [5.74, 6) is -0.310. The largest absolute Gasteiger partial charge is 0.396 e. The Morgan fingerprint density at radius 1 is 1.56 bits per heavy atom. The molecule has 1 aliphatic carbocycles. The molecule has 7 nitrogen and oxygen atoms in total. The van der Waals surface area contributed by atoms with Gasteiger partial charge in [0.1, 0.15) is 11.3 Å². The van der Waals surface area contributed by atoms with Crippen LogP contribution in [0.4, 0.5) is 5.95 Å². The standard InChI is InChI=1S/C10H10ClN5O2/c11-8-7-9(15-10(12)14-8)16(3-13-7)5-1-6(18)4(5)2-17/h3-5,17H,1-2H2,(H2,12,14,15). The monoisotopic (exact) mass is 267 g/mol. The summed E-state index contributed by atoms with van der Waals surface area (Å²) in [5.41, 5.74) is 6.48. The van der Waals surface area contributed by atoms with Crippen molar-refractivity contribution in [2.75, 3.05) is 12.3 Å². The molecule has 1 saturated carbocycles. The zero-order valence-electron chi connectivity index (χ0n) is 9.25. The molecule has 8 heteroatoms. The van der Waals surface area contributed by atoms with Crippen molar-refractivity contribution < 1.29 is 9.90 Å². The van der Waals surface area contributed by atoms with E-state index in [0.717, 1.165) is 0 Å².